The maximum Gasteiger partial charge on any atom is 0.344 e. The molecule has 3 rings (SSSR count). The van der Waals surface area contributed by atoms with Crippen LogP contribution in [-0.2, 0) is 4.79 Å². The molecule has 3 saturated carbocycles. The van der Waals surface area contributed by atoms with Crippen LogP contribution < -0.4 is 0 Å². The molecule has 78 valence electrons. The van der Waals surface area contributed by atoms with E-state index in [4.69, 9.17) is 33.2 Å². The fourth-order valence-electron chi connectivity index (χ4n) is 3.83. The largest absolute Gasteiger partial charge is 0.344 e. The van der Waals surface area contributed by atoms with Crippen molar-refractivity contribution >= 4 is 45.0 Å². The summed E-state index contributed by atoms with van der Waals surface area (Å²) in [6, 6.07) is -2.51. The summed E-state index contributed by atoms with van der Waals surface area (Å²) in [5.41, 5.74) is 0.334. The average molecular weight is 270 g/mol. The van der Waals surface area contributed by atoms with Crippen LogP contribution in [0.2, 0.25) is 5.54 Å². The van der Waals surface area contributed by atoms with E-state index in [1.54, 1.807) is 0 Å². The number of Topliss-reactive ketones (excluding diaryl/α,β-unsaturated/α-hetero) is 1. The summed E-state index contributed by atoms with van der Waals surface area (Å²) in [5.74, 6) is 2.52. The number of hydrogen-bond donors (Lipinski definition) is 0. The van der Waals surface area contributed by atoms with Gasteiger partial charge in [-0.2, -0.15) is 0 Å². The molecule has 0 saturated heterocycles. The van der Waals surface area contributed by atoms with Crippen LogP contribution in [0.15, 0.2) is 0 Å². The molecule has 0 aromatic heterocycles. The fourth-order valence-corrected chi connectivity index (χ4v) is 7.44. The predicted molar refractivity (Wildman–Crippen MR) is 59.9 cm³/mol. The highest BCUT2D eigenvalue weighted by molar-refractivity contribution is 7.65. The second-order valence-electron chi connectivity index (χ2n) is 4.90. The minimum atomic E-state index is -2.51. The molecule has 1 nitrogen and oxygen atoms in total. The van der Waals surface area contributed by atoms with E-state index < -0.39 is 6.00 Å². The van der Waals surface area contributed by atoms with Gasteiger partial charge in [0.15, 0.2) is 0 Å². The van der Waals surface area contributed by atoms with Crippen LogP contribution >= 0.6 is 33.2 Å². The lowest BCUT2D eigenvalue weighted by Gasteiger charge is -2.49. The topological polar surface area (TPSA) is 17.1 Å². The molecule has 5 unspecified atom stereocenters. The zero-order chi connectivity index (χ0) is 10.1. The van der Waals surface area contributed by atoms with E-state index in [1.165, 1.54) is 0 Å². The smallest absolute Gasteiger partial charge is 0.299 e. The molecule has 0 N–H and O–H groups in total. The SMILES string of the molecule is O=C1CC2CC1C1CC([Si](Cl)(Cl)Cl)C21. The average Bonchev–Trinajstić information content (AvgIpc) is 2.35. The van der Waals surface area contributed by atoms with Gasteiger partial charge in [-0.05, 0) is 36.1 Å². The molecular formula is C9H11Cl3OSi. The van der Waals surface area contributed by atoms with E-state index in [0.29, 0.717) is 35.0 Å². The lowest BCUT2D eigenvalue weighted by molar-refractivity contribution is -0.126. The number of carbonyl (C=O) groups excluding carboxylic acids is 1. The lowest BCUT2D eigenvalue weighted by atomic mass is 9.65. The van der Waals surface area contributed by atoms with Crippen molar-refractivity contribution in [2.75, 3.05) is 0 Å². The third kappa shape index (κ3) is 1.17. The van der Waals surface area contributed by atoms with Crippen LogP contribution in [0.1, 0.15) is 19.3 Å². The Labute approximate surface area is 98.2 Å². The molecule has 0 heterocycles. The Balaban J connectivity index is 1.82. The molecular weight excluding hydrogens is 259 g/mol. The van der Waals surface area contributed by atoms with E-state index in [9.17, 15) is 4.79 Å². The number of ketones is 1. The van der Waals surface area contributed by atoms with Gasteiger partial charge >= 0.3 is 6.00 Å². The lowest BCUT2D eigenvalue weighted by Crippen LogP contribution is -2.47. The Morgan fingerprint density at radius 1 is 1.21 bits per heavy atom. The van der Waals surface area contributed by atoms with Crippen molar-refractivity contribution < 1.29 is 4.79 Å². The normalized spacial score (nSPS) is 50.5. The highest BCUT2D eigenvalue weighted by Crippen LogP contribution is 2.68. The van der Waals surface area contributed by atoms with Crippen molar-refractivity contribution in [1.29, 1.82) is 0 Å². The monoisotopic (exact) mass is 268 g/mol. The Hall–Kier alpha value is 0.757. The summed E-state index contributed by atoms with van der Waals surface area (Å²) in [7, 11) is 0. The summed E-state index contributed by atoms with van der Waals surface area (Å²) in [5, 5.41) is 0. The van der Waals surface area contributed by atoms with Crippen LogP contribution in [0.3, 0.4) is 0 Å². The molecule has 3 aliphatic rings. The van der Waals surface area contributed by atoms with Gasteiger partial charge < -0.3 is 0 Å². The van der Waals surface area contributed by atoms with E-state index in [1.807, 2.05) is 0 Å². The van der Waals surface area contributed by atoms with Gasteiger partial charge in [0, 0.05) is 12.3 Å². The van der Waals surface area contributed by atoms with Gasteiger partial charge in [-0.25, -0.2) is 0 Å². The van der Waals surface area contributed by atoms with Gasteiger partial charge in [0.1, 0.15) is 5.78 Å². The van der Waals surface area contributed by atoms with Gasteiger partial charge in [0.05, 0.1) is 0 Å². The van der Waals surface area contributed by atoms with E-state index in [-0.39, 0.29) is 0 Å². The van der Waals surface area contributed by atoms with E-state index >= 15 is 0 Å². The number of hydrogen-bond acceptors (Lipinski definition) is 1. The Morgan fingerprint density at radius 3 is 2.50 bits per heavy atom. The summed E-state index contributed by atoms with van der Waals surface area (Å²) in [6.45, 7) is 0. The first-order valence-corrected chi connectivity index (χ1v) is 10.2. The van der Waals surface area contributed by atoms with Gasteiger partial charge in [-0.15, -0.1) is 33.2 Å². The van der Waals surface area contributed by atoms with Gasteiger partial charge in [-0.3, -0.25) is 4.79 Å². The molecule has 14 heavy (non-hydrogen) atoms. The van der Waals surface area contributed by atoms with E-state index in [0.717, 1.165) is 19.3 Å². The van der Waals surface area contributed by atoms with Gasteiger partial charge in [-0.1, -0.05) is 0 Å². The molecule has 3 aliphatic carbocycles. The van der Waals surface area contributed by atoms with Crippen LogP contribution in [0.4, 0.5) is 0 Å². The zero-order valence-corrected chi connectivity index (χ0v) is 10.8. The summed E-state index contributed by atoms with van der Waals surface area (Å²) in [4.78, 5) is 11.5. The first-order valence-electron chi connectivity index (χ1n) is 5.08. The van der Waals surface area contributed by atoms with Crippen molar-refractivity contribution in [3.63, 3.8) is 0 Å². The van der Waals surface area contributed by atoms with Crippen molar-refractivity contribution in [1.82, 2.24) is 0 Å². The molecule has 2 bridgehead atoms. The van der Waals surface area contributed by atoms with Crippen molar-refractivity contribution in [2.45, 2.75) is 24.8 Å². The number of halogens is 3. The highest BCUT2D eigenvalue weighted by Gasteiger charge is 2.65. The first kappa shape index (κ1) is 9.95. The van der Waals surface area contributed by atoms with Crippen LogP contribution in [-0.4, -0.2) is 11.8 Å². The molecule has 5 heteroatoms. The van der Waals surface area contributed by atoms with Crippen LogP contribution in [0.5, 0.6) is 0 Å². The predicted octanol–water partition coefficient (Wildman–Crippen LogP) is 3.26. The minimum absolute atomic E-state index is 0.334. The second-order valence-corrected chi connectivity index (χ2v) is 13.8. The quantitative estimate of drug-likeness (QED) is 0.527. The fraction of sp³-hybridized carbons (Fsp3) is 0.889. The van der Waals surface area contributed by atoms with Crippen LogP contribution in [0.25, 0.3) is 0 Å². The maximum atomic E-state index is 11.5. The van der Waals surface area contributed by atoms with Gasteiger partial charge in [0.25, 0.3) is 0 Å². The van der Waals surface area contributed by atoms with Crippen molar-refractivity contribution in [2.24, 2.45) is 23.7 Å². The molecule has 0 amide bonds. The van der Waals surface area contributed by atoms with E-state index in [2.05, 4.69) is 0 Å². The molecule has 5 atom stereocenters. The molecule has 0 spiro atoms. The zero-order valence-electron chi connectivity index (χ0n) is 7.55. The second kappa shape index (κ2) is 2.91. The number of rotatable bonds is 1. The third-order valence-electron chi connectivity index (χ3n) is 4.40. The summed E-state index contributed by atoms with van der Waals surface area (Å²) in [6.07, 6.45) is 2.84. The highest BCUT2D eigenvalue weighted by atomic mass is 35.8. The standard InChI is InChI=1S/C9H11Cl3OSi/c10-14(11,12)8-3-6-5-1-4(9(6)8)2-7(5)13/h4-6,8-9H,1-3H2. The maximum absolute atomic E-state index is 11.5. The number of fused-ring (bicyclic) bond motifs is 5. The molecule has 0 radical (unpaired) electrons. The Kier molecular flexibility index (Phi) is 2.06. The van der Waals surface area contributed by atoms with Crippen LogP contribution in [0, 0.1) is 23.7 Å². The van der Waals surface area contributed by atoms with Crippen molar-refractivity contribution in [3.8, 4) is 0 Å². The first-order chi connectivity index (χ1) is 6.48. The third-order valence-corrected chi connectivity index (χ3v) is 8.38. The minimum Gasteiger partial charge on any atom is -0.299 e. The number of carbonyl (C=O) groups is 1. The molecule has 0 aromatic carbocycles. The molecule has 0 aliphatic heterocycles. The summed E-state index contributed by atoms with van der Waals surface area (Å²) < 4.78 is 0. The van der Waals surface area contributed by atoms with Crippen molar-refractivity contribution in [3.05, 3.63) is 0 Å². The molecule has 3 fully saturated rings. The summed E-state index contributed by atoms with van der Waals surface area (Å²) >= 11 is 18.2. The molecule has 0 aromatic rings. The van der Waals surface area contributed by atoms with Gasteiger partial charge in [0.2, 0.25) is 0 Å². The Morgan fingerprint density at radius 2 is 1.93 bits per heavy atom. The Bertz CT molecular complexity index is 299.